The lowest BCUT2D eigenvalue weighted by atomic mass is 10.1. The Balaban J connectivity index is 1.82. The molecule has 0 amide bonds. The van der Waals surface area contributed by atoms with Crippen LogP contribution in [0.25, 0.3) is 10.9 Å². The first-order valence-electron chi connectivity index (χ1n) is 6.98. The zero-order valence-corrected chi connectivity index (χ0v) is 12.6. The third-order valence-corrected chi connectivity index (χ3v) is 4.20. The molecule has 0 spiro atoms. The highest BCUT2D eigenvalue weighted by Gasteiger charge is 2.20. The lowest BCUT2D eigenvalue weighted by Crippen LogP contribution is -2.05. The molecule has 6 heteroatoms. The molecule has 110 valence electrons. The Morgan fingerprint density at radius 3 is 3.29 bits per heavy atom. The van der Waals surface area contributed by atoms with Gasteiger partial charge in [0.05, 0.1) is 19.6 Å². The SMILES string of the molecule is CCOC(=O)CCSc1nc2c(c3cccnc13)CCO2. The van der Waals surface area contributed by atoms with E-state index < -0.39 is 0 Å². The predicted molar refractivity (Wildman–Crippen MR) is 80.7 cm³/mol. The van der Waals surface area contributed by atoms with Crippen molar-refractivity contribution in [3.63, 3.8) is 0 Å². The minimum Gasteiger partial charge on any atom is -0.477 e. The summed E-state index contributed by atoms with van der Waals surface area (Å²) in [4.78, 5) is 20.4. The first-order chi connectivity index (χ1) is 10.3. The van der Waals surface area contributed by atoms with E-state index in [1.54, 1.807) is 6.20 Å². The third kappa shape index (κ3) is 2.95. The summed E-state index contributed by atoms with van der Waals surface area (Å²) in [5.74, 6) is 1.14. The molecule has 5 nitrogen and oxygen atoms in total. The molecule has 0 unspecified atom stereocenters. The van der Waals surface area contributed by atoms with Crippen molar-refractivity contribution in [3.05, 3.63) is 23.9 Å². The van der Waals surface area contributed by atoms with E-state index in [0.29, 0.717) is 31.3 Å². The van der Waals surface area contributed by atoms with Gasteiger partial charge in [-0.2, -0.15) is 0 Å². The molecule has 0 radical (unpaired) electrons. The van der Waals surface area contributed by atoms with Crippen LogP contribution in [0, 0.1) is 0 Å². The summed E-state index contributed by atoms with van der Waals surface area (Å²) >= 11 is 1.52. The summed E-state index contributed by atoms with van der Waals surface area (Å²) in [5.41, 5.74) is 2.02. The lowest BCUT2D eigenvalue weighted by Gasteiger charge is -2.08. The second-order valence-electron chi connectivity index (χ2n) is 4.60. The molecule has 0 fully saturated rings. The Hall–Kier alpha value is -1.82. The number of hydrogen-bond donors (Lipinski definition) is 0. The van der Waals surface area contributed by atoms with Crippen molar-refractivity contribution in [1.82, 2.24) is 9.97 Å². The number of esters is 1. The number of fused-ring (bicyclic) bond motifs is 3. The van der Waals surface area contributed by atoms with Gasteiger partial charge in [-0.3, -0.25) is 9.78 Å². The molecule has 2 aromatic rings. The fourth-order valence-corrected chi connectivity index (χ4v) is 3.23. The second-order valence-corrected chi connectivity index (χ2v) is 5.69. The van der Waals surface area contributed by atoms with Gasteiger partial charge < -0.3 is 9.47 Å². The molecular formula is C15H16N2O3S. The molecule has 21 heavy (non-hydrogen) atoms. The number of pyridine rings is 2. The van der Waals surface area contributed by atoms with Crippen LogP contribution in [0.1, 0.15) is 18.9 Å². The molecule has 0 N–H and O–H groups in total. The molecule has 1 aliphatic heterocycles. The minimum absolute atomic E-state index is 0.181. The van der Waals surface area contributed by atoms with Gasteiger partial charge in [-0.1, -0.05) is 6.07 Å². The number of carbonyl (C=O) groups excluding carboxylic acids is 1. The number of aromatic nitrogens is 2. The van der Waals surface area contributed by atoms with Crippen LogP contribution in [0.5, 0.6) is 5.88 Å². The largest absolute Gasteiger partial charge is 0.477 e. The molecule has 2 aromatic heterocycles. The number of ether oxygens (including phenoxy) is 2. The number of nitrogens with zero attached hydrogens (tertiary/aromatic N) is 2. The maximum atomic E-state index is 11.4. The van der Waals surface area contributed by atoms with Crippen molar-refractivity contribution >= 4 is 28.6 Å². The molecule has 0 saturated carbocycles. The van der Waals surface area contributed by atoms with Gasteiger partial charge in [-0.15, -0.1) is 11.8 Å². The highest BCUT2D eigenvalue weighted by Crippen LogP contribution is 2.35. The average molecular weight is 304 g/mol. The van der Waals surface area contributed by atoms with Crippen LogP contribution in [0.4, 0.5) is 0 Å². The highest BCUT2D eigenvalue weighted by atomic mass is 32.2. The molecule has 3 rings (SSSR count). The van der Waals surface area contributed by atoms with E-state index >= 15 is 0 Å². The van der Waals surface area contributed by atoms with Crippen LogP contribution in [0.15, 0.2) is 23.4 Å². The van der Waals surface area contributed by atoms with Crippen molar-refractivity contribution in [2.75, 3.05) is 19.0 Å². The van der Waals surface area contributed by atoms with Crippen LogP contribution < -0.4 is 4.74 Å². The Bertz CT molecular complexity index is 675. The topological polar surface area (TPSA) is 61.3 Å². The van der Waals surface area contributed by atoms with Gasteiger partial charge in [0.15, 0.2) is 0 Å². The van der Waals surface area contributed by atoms with E-state index in [0.717, 1.165) is 27.9 Å². The maximum Gasteiger partial charge on any atom is 0.306 e. The summed E-state index contributed by atoms with van der Waals surface area (Å²) in [5, 5.41) is 1.91. The standard InChI is InChI=1S/C15H16N2O3S/c1-2-19-12(18)6-9-21-15-13-10(4-3-7-16-13)11-5-8-20-14(11)17-15/h3-4,7H,2,5-6,8-9H2,1H3. The smallest absolute Gasteiger partial charge is 0.306 e. The zero-order valence-electron chi connectivity index (χ0n) is 11.8. The number of carbonyl (C=O) groups is 1. The average Bonchev–Trinajstić information content (AvgIpc) is 2.96. The van der Waals surface area contributed by atoms with Crippen molar-refractivity contribution in [1.29, 1.82) is 0 Å². The van der Waals surface area contributed by atoms with E-state index in [9.17, 15) is 4.79 Å². The quantitative estimate of drug-likeness (QED) is 0.625. The minimum atomic E-state index is -0.181. The fraction of sp³-hybridized carbons (Fsp3) is 0.400. The molecule has 0 atom stereocenters. The Kier molecular flexibility index (Phi) is 4.24. The van der Waals surface area contributed by atoms with Gasteiger partial charge in [-0.05, 0) is 13.0 Å². The van der Waals surface area contributed by atoms with Crippen molar-refractivity contribution < 1.29 is 14.3 Å². The summed E-state index contributed by atoms with van der Waals surface area (Å²) in [6.45, 7) is 2.89. The van der Waals surface area contributed by atoms with Crippen LogP contribution >= 0.6 is 11.8 Å². The van der Waals surface area contributed by atoms with Crippen molar-refractivity contribution in [2.45, 2.75) is 24.8 Å². The number of thioether (sulfide) groups is 1. The normalized spacial score (nSPS) is 13.0. The van der Waals surface area contributed by atoms with Gasteiger partial charge in [0.1, 0.15) is 10.5 Å². The summed E-state index contributed by atoms with van der Waals surface area (Å²) in [6.07, 6.45) is 3.01. The first kappa shape index (κ1) is 14.1. The molecule has 0 saturated heterocycles. The van der Waals surface area contributed by atoms with Crippen molar-refractivity contribution in [2.24, 2.45) is 0 Å². The van der Waals surface area contributed by atoms with Gasteiger partial charge in [0.2, 0.25) is 5.88 Å². The fourth-order valence-electron chi connectivity index (χ4n) is 2.32. The van der Waals surface area contributed by atoms with E-state index in [2.05, 4.69) is 9.97 Å². The third-order valence-electron chi connectivity index (χ3n) is 3.24. The van der Waals surface area contributed by atoms with Gasteiger partial charge in [-0.25, -0.2) is 4.98 Å². The van der Waals surface area contributed by atoms with Gasteiger partial charge in [0.25, 0.3) is 0 Å². The molecule has 3 heterocycles. The summed E-state index contributed by atoms with van der Waals surface area (Å²) in [6, 6.07) is 3.97. The molecule has 0 bridgehead atoms. The van der Waals surface area contributed by atoms with E-state index in [4.69, 9.17) is 9.47 Å². The van der Waals surface area contributed by atoms with E-state index in [-0.39, 0.29) is 5.97 Å². The molecular weight excluding hydrogens is 288 g/mol. The second kappa shape index (κ2) is 6.30. The maximum absolute atomic E-state index is 11.4. The predicted octanol–water partition coefficient (Wildman–Crippen LogP) is 2.61. The molecule has 0 aromatic carbocycles. The lowest BCUT2D eigenvalue weighted by molar-refractivity contribution is -0.142. The van der Waals surface area contributed by atoms with Gasteiger partial charge in [0, 0.05) is 29.3 Å². The van der Waals surface area contributed by atoms with Crippen LogP contribution in [0.2, 0.25) is 0 Å². The summed E-state index contributed by atoms with van der Waals surface area (Å²) in [7, 11) is 0. The Morgan fingerprint density at radius 1 is 1.52 bits per heavy atom. The van der Waals surface area contributed by atoms with Gasteiger partial charge >= 0.3 is 5.97 Å². The van der Waals surface area contributed by atoms with Crippen LogP contribution in [-0.4, -0.2) is 34.9 Å². The monoisotopic (exact) mass is 304 g/mol. The first-order valence-corrected chi connectivity index (χ1v) is 7.97. The number of hydrogen-bond acceptors (Lipinski definition) is 6. The molecule has 1 aliphatic rings. The van der Waals surface area contributed by atoms with E-state index in [1.165, 1.54) is 11.8 Å². The van der Waals surface area contributed by atoms with E-state index in [1.807, 2.05) is 19.1 Å². The van der Waals surface area contributed by atoms with Crippen LogP contribution in [0.3, 0.4) is 0 Å². The molecule has 0 aliphatic carbocycles. The van der Waals surface area contributed by atoms with Crippen LogP contribution in [-0.2, 0) is 16.0 Å². The highest BCUT2D eigenvalue weighted by molar-refractivity contribution is 7.99. The Morgan fingerprint density at radius 2 is 2.43 bits per heavy atom. The van der Waals surface area contributed by atoms with Crippen molar-refractivity contribution in [3.8, 4) is 5.88 Å². The Labute approximate surface area is 127 Å². The summed E-state index contributed by atoms with van der Waals surface area (Å²) < 4.78 is 10.5. The number of rotatable bonds is 5. The zero-order chi connectivity index (χ0) is 14.7.